The molecular formula is C23H27N5. The van der Waals surface area contributed by atoms with Gasteiger partial charge >= 0.3 is 0 Å². The van der Waals surface area contributed by atoms with Gasteiger partial charge in [-0.2, -0.15) is 0 Å². The van der Waals surface area contributed by atoms with Gasteiger partial charge in [0.1, 0.15) is 5.82 Å². The van der Waals surface area contributed by atoms with E-state index in [1.54, 1.807) is 11.1 Å². The van der Waals surface area contributed by atoms with Gasteiger partial charge in [-0.1, -0.05) is 30.3 Å². The van der Waals surface area contributed by atoms with Crippen LogP contribution in [0.15, 0.2) is 48.7 Å². The van der Waals surface area contributed by atoms with Crippen LogP contribution in [0.3, 0.4) is 0 Å². The number of fused-ring (bicyclic) bond motifs is 1. The fraction of sp³-hybridized carbons (Fsp3) is 0.435. The molecule has 0 N–H and O–H groups in total. The minimum absolute atomic E-state index is 0.472. The summed E-state index contributed by atoms with van der Waals surface area (Å²) in [7, 11) is 2.08. The molecule has 28 heavy (non-hydrogen) atoms. The normalized spacial score (nSPS) is 18.2. The second kappa shape index (κ2) is 7.04. The van der Waals surface area contributed by atoms with Crippen LogP contribution < -0.4 is 4.90 Å². The number of rotatable bonds is 3. The molecule has 1 aromatic carbocycles. The van der Waals surface area contributed by atoms with E-state index in [-0.39, 0.29) is 0 Å². The second-order valence-corrected chi connectivity index (χ2v) is 8.41. The van der Waals surface area contributed by atoms with Gasteiger partial charge < -0.3 is 9.47 Å². The Balaban J connectivity index is 1.28. The van der Waals surface area contributed by atoms with Crippen molar-refractivity contribution in [3.63, 3.8) is 0 Å². The minimum atomic E-state index is 0.472. The van der Waals surface area contributed by atoms with Gasteiger partial charge in [-0.3, -0.25) is 4.98 Å². The molecule has 1 spiro atoms. The van der Waals surface area contributed by atoms with E-state index in [1.807, 2.05) is 24.4 Å². The van der Waals surface area contributed by atoms with Gasteiger partial charge in [0, 0.05) is 32.0 Å². The van der Waals surface area contributed by atoms with E-state index in [0.717, 1.165) is 37.0 Å². The maximum Gasteiger partial charge on any atom is 0.226 e. The molecular weight excluding hydrogens is 346 g/mol. The van der Waals surface area contributed by atoms with Crippen molar-refractivity contribution in [3.8, 4) is 0 Å². The van der Waals surface area contributed by atoms with Crippen LogP contribution in [-0.4, -0.2) is 32.8 Å². The summed E-state index contributed by atoms with van der Waals surface area (Å²) in [5, 5.41) is 8.97. The van der Waals surface area contributed by atoms with Crippen molar-refractivity contribution in [1.82, 2.24) is 19.7 Å². The zero-order valence-corrected chi connectivity index (χ0v) is 16.5. The Labute approximate surface area is 166 Å². The molecule has 0 unspecified atom stereocenters. The number of benzene rings is 1. The number of piperidine rings is 1. The Morgan fingerprint density at radius 2 is 1.71 bits per heavy atom. The van der Waals surface area contributed by atoms with Crippen LogP contribution in [0, 0.1) is 5.41 Å². The zero-order valence-electron chi connectivity index (χ0n) is 16.5. The fourth-order valence-corrected chi connectivity index (χ4v) is 4.92. The molecule has 1 saturated heterocycles. The zero-order chi connectivity index (χ0) is 19.0. The van der Waals surface area contributed by atoms with Gasteiger partial charge in [-0.05, 0) is 60.8 Å². The molecule has 0 saturated carbocycles. The Bertz CT molecular complexity index is 954. The SMILES string of the molecule is Cn1c(Cc2ccccn2)nnc1N1CCC2(CCc3ccccc3C2)CC1. The molecule has 3 heterocycles. The summed E-state index contributed by atoms with van der Waals surface area (Å²) >= 11 is 0. The van der Waals surface area contributed by atoms with E-state index in [1.165, 1.54) is 32.1 Å². The summed E-state index contributed by atoms with van der Waals surface area (Å²) < 4.78 is 2.14. The smallest absolute Gasteiger partial charge is 0.226 e. The molecule has 0 bridgehead atoms. The first-order valence-electron chi connectivity index (χ1n) is 10.3. The predicted octanol–water partition coefficient (Wildman–Crippen LogP) is 3.58. The Hall–Kier alpha value is -2.69. The number of hydrogen-bond donors (Lipinski definition) is 0. The maximum absolute atomic E-state index is 4.52. The molecule has 5 heteroatoms. The van der Waals surface area contributed by atoms with Crippen molar-refractivity contribution in [2.24, 2.45) is 12.5 Å². The molecule has 0 atom stereocenters. The highest BCUT2D eigenvalue weighted by Gasteiger charge is 2.38. The highest BCUT2D eigenvalue weighted by atomic mass is 15.4. The molecule has 0 amide bonds. The molecule has 5 nitrogen and oxygen atoms in total. The lowest BCUT2D eigenvalue weighted by Crippen LogP contribution is -2.43. The molecule has 5 rings (SSSR count). The quantitative estimate of drug-likeness (QED) is 0.704. The number of nitrogens with zero attached hydrogens (tertiary/aromatic N) is 5. The van der Waals surface area contributed by atoms with Crippen molar-refractivity contribution in [2.75, 3.05) is 18.0 Å². The first-order valence-corrected chi connectivity index (χ1v) is 10.3. The van der Waals surface area contributed by atoms with Crippen LogP contribution in [0.2, 0.25) is 0 Å². The van der Waals surface area contributed by atoms with E-state index < -0.39 is 0 Å². The van der Waals surface area contributed by atoms with Crippen LogP contribution in [0.25, 0.3) is 0 Å². The number of aromatic nitrogens is 4. The number of pyridine rings is 1. The van der Waals surface area contributed by atoms with Crippen molar-refractivity contribution < 1.29 is 0 Å². The summed E-state index contributed by atoms with van der Waals surface area (Å²) in [6, 6.07) is 15.0. The highest BCUT2D eigenvalue weighted by molar-refractivity contribution is 5.35. The van der Waals surface area contributed by atoms with Crippen molar-refractivity contribution >= 4 is 5.95 Å². The Morgan fingerprint density at radius 3 is 2.50 bits per heavy atom. The molecule has 1 fully saturated rings. The number of hydrogen-bond acceptors (Lipinski definition) is 4. The monoisotopic (exact) mass is 373 g/mol. The molecule has 2 aliphatic rings. The van der Waals surface area contributed by atoms with Gasteiger partial charge in [-0.15, -0.1) is 10.2 Å². The number of aryl methyl sites for hydroxylation is 1. The van der Waals surface area contributed by atoms with Crippen LogP contribution in [0.5, 0.6) is 0 Å². The van der Waals surface area contributed by atoms with Crippen molar-refractivity contribution in [3.05, 3.63) is 71.3 Å². The molecule has 2 aromatic heterocycles. The van der Waals surface area contributed by atoms with Gasteiger partial charge in [0.05, 0.1) is 6.42 Å². The average Bonchev–Trinajstić information content (AvgIpc) is 3.09. The van der Waals surface area contributed by atoms with E-state index in [0.29, 0.717) is 5.41 Å². The Morgan fingerprint density at radius 1 is 0.929 bits per heavy atom. The standard InChI is InChI=1S/C23H27N5/c1-27-21(16-20-8-4-5-13-24-20)25-26-22(27)28-14-11-23(12-15-28)10-9-18-6-2-3-7-19(18)17-23/h2-8,13H,9-12,14-17H2,1H3. The molecule has 0 radical (unpaired) electrons. The van der Waals surface area contributed by atoms with Crippen LogP contribution in [0.1, 0.15) is 41.9 Å². The third-order valence-electron chi connectivity index (χ3n) is 6.72. The topological polar surface area (TPSA) is 46.8 Å². The van der Waals surface area contributed by atoms with E-state index in [9.17, 15) is 0 Å². The van der Waals surface area contributed by atoms with Crippen molar-refractivity contribution in [2.45, 2.75) is 38.5 Å². The largest absolute Gasteiger partial charge is 0.341 e. The third-order valence-corrected chi connectivity index (χ3v) is 6.72. The summed E-state index contributed by atoms with van der Waals surface area (Å²) in [5.41, 5.74) is 4.63. The molecule has 1 aliphatic heterocycles. The number of anilines is 1. The third kappa shape index (κ3) is 3.19. The first kappa shape index (κ1) is 17.4. The summed E-state index contributed by atoms with van der Waals surface area (Å²) in [5.74, 6) is 1.97. The van der Waals surface area contributed by atoms with Crippen LogP contribution in [0.4, 0.5) is 5.95 Å². The van der Waals surface area contributed by atoms with Gasteiger partial charge in [0.15, 0.2) is 0 Å². The molecule has 144 valence electrons. The Kier molecular flexibility index (Phi) is 4.38. The van der Waals surface area contributed by atoms with Gasteiger partial charge in [-0.25, -0.2) is 0 Å². The average molecular weight is 374 g/mol. The van der Waals surface area contributed by atoms with E-state index in [4.69, 9.17) is 0 Å². The molecule has 3 aromatic rings. The summed E-state index contributed by atoms with van der Waals surface area (Å²) in [6.45, 7) is 2.13. The minimum Gasteiger partial charge on any atom is -0.341 e. The van der Waals surface area contributed by atoms with Crippen LogP contribution in [-0.2, 0) is 26.3 Å². The second-order valence-electron chi connectivity index (χ2n) is 8.41. The predicted molar refractivity (Wildman–Crippen MR) is 110 cm³/mol. The van der Waals surface area contributed by atoms with E-state index >= 15 is 0 Å². The lowest BCUT2D eigenvalue weighted by Gasteiger charge is -2.45. The van der Waals surface area contributed by atoms with Gasteiger partial charge in [0.25, 0.3) is 0 Å². The van der Waals surface area contributed by atoms with Crippen LogP contribution >= 0.6 is 0 Å². The first-order chi connectivity index (χ1) is 13.7. The summed E-state index contributed by atoms with van der Waals surface area (Å²) in [4.78, 5) is 6.83. The fourth-order valence-electron chi connectivity index (χ4n) is 4.92. The highest BCUT2D eigenvalue weighted by Crippen LogP contribution is 2.43. The maximum atomic E-state index is 4.52. The lowest BCUT2D eigenvalue weighted by atomic mass is 9.66. The summed E-state index contributed by atoms with van der Waals surface area (Å²) in [6.07, 6.45) is 8.82. The van der Waals surface area contributed by atoms with Gasteiger partial charge in [0.2, 0.25) is 5.95 Å². The lowest BCUT2D eigenvalue weighted by molar-refractivity contribution is 0.186. The van der Waals surface area contributed by atoms with E-state index in [2.05, 4.69) is 56.0 Å². The molecule has 1 aliphatic carbocycles. The van der Waals surface area contributed by atoms with Crippen molar-refractivity contribution in [1.29, 1.82) is 0 Å².